The molecule has 1 aliphatic rings. The normalized spacial score (nSPS) is 16.9. The molecule has 0 aromatic heterocycles. The Hall–Kier alpha value is -1.81. The van der Waals surface area contributed by atoms with Gasteiger partial charge < -0.3 is 4.74 Å². The van der Waals surface area contributed by atoms with E-state index in [1.165, 1.54) is 32.8 Å². The molecule has 1 unspecified atom stereocenters. The minimum absolute atomic E-state index is 0.113. The van der Waals surface area contributed by atoms with Gasteiger partial charge in [-0.05, 0) is 52.2 Å². The molecule has 4 nitrogen and oxygen atoms in total. The maximum atomic E-state index is 12.8. The summed E-state index contributed by atoms with van der Waals surface area (Å²) >= 11 is 0. The lowest BCUT2D eigenvalue weighted by Gasteiger charge is -2.18. The summed E-state index contributed by atoms with van der Waals surface area (Å²) in [5.74, 6) is -0.395. The molecule has 0 saturated heterocycles. The Bertz CT molecular complexity index is 691. The van der Waals surface area contributed by atoms with Gasteiger partial charge in [0, 0.05) is 29.4 Å². The number of carbonyl (C=O) groups excluding carboxylic acids is 3. The first-order valence-corrected chi connectivity index (χ1v) is 10.5. The SMILES string of the molecule is CCCCCCCCCC(=CC1=C(C)C(=O)C(C)=C(C)C1=O)C(=O)C(C)OC. The van der Waals surface area contributed by atoms with E-state index in [-0.39, 0.29) is 17.3 Å². The number of unbranched alkanes of at least 4 members (excludes halogenated alkanes) is 6. The molecule has 0 aromatic carbocycles. The Morgan fingerprint density at radius 2 is 1.43 bits per heavy atom. The summed E-state index contributed by atoms with van der Waals surface area (Å²) in [4.78, 5) is 37.9. The van der Waals surface area contributed by atoms with Gasteiger partial charge in [-0.15, -0.1) is 0 Å². The van der Waals surface area contributed by atoms with Crippen LogP contribution in [0.1, 0.15) is 86.0 Å². The number of hydrogen-bond acceptors (Lipinski definition) is 4. The third-order valence-corrected chi connectivity index (χ3v) is 5.64. The van der Waals surface area contributed by atoms with Crippen molar-refractivity contribution >= 4 is 17.3 Å². The zero-order chi connectivity index (χ0) is 21.3. The number of rotatable bonds is 12. The first-order valence-electron chi connectivity index (χ1n) is 10.5. The van der Waals surface area contributed by atoms with Crippen LogP contribution >= 0.6 is 0 Å². The maximum absolute atomic E-state index is 12.8. The van der Waals surface area contributed by atoms with Crippen molar-refractivity contribution in [3.05, 3.63) is 33.9 Å². The summed E-state index contributed by atoms with van der Waals surface area (Å²) in [7, 11) is 1.50. The topological polar surface area (TPSA) is 60.4 Å². The van der Waals surface area contributed by atoms with E-state index in [1.54, 1.807) is 33.8 Å². The van der Waals surface area contributed by atoms with E-state index in [1.807, 2.05) is 0 Å². The molecule has 4 heteroatoms. The van der Waals surface area contributed by atoms with Crippen molar-refractivity contribution in [1.82, 2.24) is 0 Å². The molecule has 0 fully saturated rings. The minimum atomic E-state index is -0.565. The summed E-state index contributed by atoms with van der Waals surface area (Å²) < 4.78 is 5.20. The molecule has 0 saturated carbocycles. The summed E-state index contributed by atoms with van der Waals surface area (Å²) in [6.45, 7) is 8.93. The van der Waals surface area contributed by atoms with Crippen molar-refractivity contribution in [2.75, 3.05) is 7.11 Å². The Kier molecular flexibility index (Phi) is 10.3. The molecule has 1 aliphatic carbocycles. The number of allylic oxidation sites excluding steroid dienone is 5. The highest BCUT2D eigenvalue weighted by molar-refractivity contribution is 6.26. The van der Waals surface area contributed by atoms with E-state index in [4.69, 9.17) is 4.74 Å². The van der Waals surface area contributed by atoms with Gasteiger partial charge in [0.2, 0.25) is 0 Å². The van der Waals surface area contributed by atoms with Gasteiger partial charge >= 0.3 is 0 Å². The largest absolute Gasteiger partial charge is 0.374 e. The first-order chi connectivity index (χ1) is 13.3. The number of carbonyl (C=O) groups is 3. The van der Waals surface area contributed by atoms with Crippen LogP contribution in [-0.2, 0) is 19.1 Å². The van der Waals surface area contributed by atoms with Crippen LogP contribution in [0.25, 0.3) is 0 Å². The van der Waals surface area contributed by atoms with Crippen molar-refractivity contribution in [3.63, 3.8) is 0 Å². The van der Waals surface area contributed by atoms with Crippen LogP contribution in [0, 0.1) is 0 Å². The van der Waals surface area contributed by atoms with Crippen molar-refractivity contribution in [2.45, 2.75) is 92.1 Å². The zero-order valence-electron chi connectivity index (χ0n) is 18.4. The van der Waals surface area contributed by atoms with E-state index in [2.05, 4.69) is 6.92 Å². The van der Waals surface area contributed by atoms with Crippen LogP contribution in [0.15, 0.2) is 33.9 Å². The molecular formula is C24H36O4. The lowest BCUT2D eigenvalue weighted by atomic mass is 9.84. The van der Waals surface area contributed by atoms with E-state index in [0.717, 1.165) is 19.3 Å². The van der Waals surface area contributed by atoms with Crippen molar-refractivity contribution in [2.24, 2.45) is 0 Å². The smallest absolute Gasteiger partial charge is 0.189 e. The fraction of sp³-hybridized carbons (Fsp3) is 0.625. The molecular weight excluding hydrogens is 352 g/mol. The van der Waals surface area contributed by atoms with Gasteiger partial charge in [0.15, 0.2) is 17.3 Å². The van der Waals surface area contributed by atoms with Gasteiger partial charge in [0.25, 0.3) is 0 Å². The average molecular weight is 389 g/mol. The molecule has 0 aliphatic heterocycles. The fourth-order valence-corrected chi connectivity index (χ4v) is 3.37. The van der Waals surface area contributed by atoms with Crippen molar-refractivity contribution in [3.8, 4) is 0 Å². The van der Waals surface area contributed by atoms with Crippen LogP contribution in [0.2, 0.25) is 0 Å². The van der Waals surface area contributed by atoms with E-state index in [9.17, 15) is 14.4 Å². The molecule has 0 heterocycles. The highest BCUT2D eigenvalue weighted by atomic mass is 16.5. The summed E-state index contributed by atoms with van der Waals surface area (Å²) in [6.07, 6.45) is 9.74. The third kappa shape index (κ3) is 6.37. The summed E-state index contributed by atoms with van der Waals surface area (Å²) in [5, 5.41) is 0. The van der Waals surface area contributed by atoms with E-state index >= 15 is 0 Å². The summed E-state index contributed by atoms with van der Waals surface area (Å²) in [6, 6.07) is 0. The molecule has 0 N–H and O–H groups in total. The van der Waals surface area contributed by atoms with Gasteiger partial charge in [-0.1, -0.05) is 45.4 Å². The van der Waals surface area contributed by atoms with Crippen LogP contribution in [0.3, 0.4) is 0 Å². The highest BCUT2D eigenvalue weighted by Gasteiger charge is 2.28. The minimum Gasteiger partial charge on any atom is -0.374 e. The molecule has 1 rings (SSSR count). The first kappa shape index (κ1) is 24.2. The van der Waals surface area contributed by atoms with Crippen LogP contribution in [-0.4, -0.2) is 30.6 Å². The van der Waals surface area contributed by atoms with Crippen molar-refractivity contribution in [1.29, 1.82) is 0 Å². The Labute approximate surface area is 170 Å². The highest BCUT2D eigenvalue weighted by Crippen LogP contribution is 2.27. The van der Waals surface area contributed by atoms with E-state index < -0.39 is 6.10 Å². The van der Waals surface area contributed by atoms with E-state index in [0.29, 0.717) is 34.3 Å². The van der Waals surface area contributed by atoms with Crippen molar-refractivity contribution < 1.29 is 19.1 Å². The molecule has 0 aromatic rings. The number of Topliss-reactive ketones (excluding diaryl/α,β-unsaturated/α-hetero) is 3. The lowest BCUT2D eigenvalue weighted by molar-refractivity contribution is -0.124. The standard InChI is InChI=1S/C24H36O4/c1-7-8-9-10-11-12-13-14-20(24(27)19(5)28-6)15-21-18(4)22(25)16(2)17(3)23(21)26/h15,19H,7-14H2,1-6H3. The van der Waals surface area contributed by atoms with Crippen LogP contribution < -0.4 is 0 Å². The van der Waals surface area contributed by atoms with Gasteiger partial charge in [-0.3, -0.25) is 14.4 Å². The van der Waals surface area contributed by atoms with Gasteiger partial charge in [0.05, 0.1) is 0 Å². The summed E-state index contributed by atoms with van der Waals surface area (Å²) in [5.41, 5.74) is 2.30. The van der Waals surface area contributed by atoms with Gasteiger partial charge in [-0.2, -0.15) is 0 Å². The number of hydrogen-bond donors (Lipinski definition) is 0. The molecule has 156 valence electrons. The average Bonchev–Trinajstić information content (AvgIpc) is 2.70. The molecule has 0 bridgehead atoms. The molecule has 1 atom stereocenters. The Morgan fingerprint density at radius 1 is 0.893 bits per heavy atom. The predicted octanol–water partition coefficient (Wildman–Crippen LogP) is 5.46. The Balaban J connectivity index is 2.97. The van der Waals surface area contributed by atoms with Crippen LogP contribution in [0.4, 0.5) is 0 Å². The second-order valence-corrected chi connectivity index (χ2v) is 7.73. The molecule has 28 heavy (non-hydrogen) atoms. The molecule has 0 radical (unpaired) electrons. The number of ether oxygens (including phenoxy) is 1. The quantitative estimate of drug-likeness (QED) is 0.253. The number of methoxy groups -OCH3 is 1. The molecule has 0 spiro atoms. The number of ketones is 3. The zero-order valence-corrected chi connectivity index (χ0v) is 18.4. The lowest BCUT2D eigenvalue weighted by Crippen LogP contribution is -2.23. The van der Waals surface area contributed by atoms with Gasteiger partial charge in [-0.25, -0.2) is 0 Å². The third-order valence-electron chi connectivity index (χ3n) is 5.64. The predicted molar refractivity (Wildman–Crippen MR) is 113 cm³/mol. The maximum Gasteiger partial charge on any atom is 0.189 e. The van der Waals surface area contributed by atoms with Crippen LogP contribution in [0.5, 0.6) is 0 Å². The molecule has 0 amide bonds. The fourth-order valence-electron chi connectivity index (χ4n) is 3.37. The second-order valence-electron chi connectivity index (χ2n) is 7.73. The Morgan fingerprint density at radius 3 is 2.00 bits per heavy atom. The monoisotopic (exact) mass is 388 g/mol. The van der Waals surface area contributed by atoms with Gasteiger partial charge in [0.1, 0.15) is 6.10 Å². The second kappa shape index (κ2) is 11.9.